The van der Waals surface area contributed by atoms with E-state index in [1.54, 1.807) is 6.07 Å². The summed E-state index contributed by atoms with van der Waals surface area (Å²) >= 11 is 13.6. The molecule has 0 aromatic heterocycles. The van der Waals surface area contributed by atoms with E-state index in [-0.39, 0.29) is 16.6 Å². The summed E-state index contributed by atoms with van der Waals surface area (Å²) in [6.07, 6.45) is 5.85. The first-order chi connectivity index (χ1) is 11.9. The zero-order chi connectivity index (χ0) is 18.0. The third-order valence-electron chi connectivity index (χ3n) is 4.85. The lowest BCUT2D eigenvalue weighted by atomic mass is 9.80. The van der Waals surface area contributed by atoms with Crippen LogP contribution < -0.4 is 5.73 Å². The maximum absolute atomic E-state index is 12.4. The molecule has 3 rings (SSSR count). The predicted octanol–water partition coefficient (Wildman–Crippen LogP) is 4.01. The van der Waals surface area contributed by atoms with Crippen LogP contribution in [0.5, 0.6) is 0 Å². The minimum absolute atomic E-state index is 0.161. The van der Waals surface area contributed by atoms with Gasteiger partial charge in [-0.3, -0.25) is 4.79 Å². The Kier molecular flexibility index (Phi) is 5.78. The van der Waals surface area contributed by atoms with Crippen LogP contribution in [-0.2, 0) is 4.79 Å². The molecule has 0 saturated carbocycles. The molecule has 1 aromatic carbocycles. The number of carbonyl (C=O) groups is 1. The Morgan fingerprint density at radius 1 is 1.36 bits per heavy atom. The lowest BCUT2D eigenvalue weighted by molar-refractivity contribution is -0.116. The van der Waals surface area contributed by atoms with Gasteiger partial charge in [0.2, 0.25) is 0 Å². The van der Waals surface area contributed by atoms with Crippen molar-refractivity contribution < 1.29 is 4.79 Å². The van der Waals surface area contributed by atoms with Gasteiger partial charge in [-0.05, 0) is 43.0 Å². The van der Waals surface area contributed by atoms with E-state index in [4.69, 9.17) is 28.9 Å². The van der Waals surface area contributed by atoms with E-state index < -0.39 is 0 Å². The van der Waals surface area contributed by atoms with Gasteiger partial charge in [-0.1, -0.05) is 42.3 Å². The number of nitrogens with two attached hydrogens (primary N) is 1. The van der Waals surface area contributed by atoms with Crippen LogP contribution in [0.3, 0.4) is 0 Å². The van der Waals surface area contributed by atoms with Crippen molar-refractivity contribution >= 4 is 46.7 Å². The number of likely N-dealkylation sites (tertiary alicyclic amines) is 1. The molecule has 1 aromatic rings. The van der Waals surface area contributed by atoms with Gasteiger partial charge < -0.3 is 10.6 Å². The molecule has 0 bridgehead atoms. The van der Waals surface area contributed by atoms with Crippen molar-refractivity contribution in [1.29, 1.82) is 0 Å². The van der Waals surface area contributed by atoms with Crippen molar-refractivity contribution in [3.63, 3.8) is 0 Å². The molecule has 134 valence electrons. The number of aliphatic imine (C=N–C) groups is 1. The maximum atomic E-state index is 12.4. The summed E-state index contributed by atoms with van der Waals surface area (Å²) in [5.41, 5.74) is 6.05. The first-order valence-electron chi connectivity index (χ1n) is 8.28. The fourth-order valence-corrected chi connectivity index (χ4v) is 4.37. The van der Waals surface area contributed by atoms with Crippen molar-refractivity contribution in [3.05, 3.63) is 40.4 Å². The molecule has 2 aliphatic rings. The Bertz CT molecular complexity index is 727. The highest BCUT2D eigenvalue weighted by molar-refractivity contribution is 8.01. The topological polar surface area (TPSA) is 58.7 Å². The van der Waals surface area contributed by atoms with E-state index in [9.17, 15) is 4.79 Å². The number of amides is 1. The summed E-state index contributed by atoms with van der Waals surface area (Å²) in [6.45, 7) is 4.67. The molecular formula is C18H21Cl2N3OS. The van der Waals surface area contributed by atoms with E-state index in [2.05, 4.69) is 16.8 Å². The second-order valence-electron chi connectivity index (χ2n) is 6.76. The summed E-state index contributed by atoms with van der Waals surface area (Å²) in [6, 6.07) is 5.41. The molecule has 0 radical (unpaired) electrons. The van der Waals surface area contributed by atoms with Gasteiger partial charge >= 0.3 is 0 Å². The quantitative estimate of drug-likeness (QED) is 0.836. The Hall–Kier alpha value is -1.01. The summed E-state index contributed by atoms with van der Waals surface area (Å²) in [5.74, 6) is 0.587. The first kappa shape index (κ1) is 18.8. The Morgan fingerprint density at radius 3 is 2.72 bits per heavy atom. The number of hydrogen-bond acceptors (Lipinski definition) is 4. The van der Waals surface area contributed by atoms with Crippen LogP contribution in [0.2, 0.25) is 10.0 Å². The SMILES string of the molecule is CC1(CN)CCN(C2=NC(=O)C(Sc3cccc(Cl)c3Cl)C=C2)CC1. The number of rotatable bonds is 3. The molecule has 0 aliphatic carbocycles. The molecule has 0 spiro atoms. The maximum Gasteiger partial charge on any atom is 0.264 e. The third kappa shape index (κ3) is 4.22. The molecule has 7 heteroatoms. The zero-order valence-corrected chi connectivity index (χ0v) is 16.4. The van der Waals surface area contributed by atoms with Gasteiger partial charge in [-0.2, -0.15) is 4.99 Å². The fraction of sp³-hybridized carbons (Fsp3) is 0.444. The smallest absolute Gasteiger partial charge is 0.264 e. The van der Waals surface area contributed by atoms with E-state index in [1.807, 2.05) is 24.3 Å². The lowest BCUT2D eigenvalue weighted by Gasteiger charge is -2.39. The minimum Gasteiger partial charge on any atom is -0.356 e. The summed E-state index contributed by atoms with van der Waals surface area (Å²) < 4.78 is 0. The second kappa shape index (κ2) is 7.70. The average molecular weight is 398 g/mol. The van der Waals surface area contributed by atoms with Crippen LogP contribution in [0.1, 0.15) is 19.8 Å². The van der Waals surface area contributed by atoms with Gasteiger partial charge in [0, 0.05) is 18.0 Å². The van der Waals surface area contributed by atoms with Crippen molar-refractivity contribution in [2.75, 3.05) is 19.6 Å². The van der Waals surface area contributed by atoms with E-state index in [0.717, 1.165) is 36.7 Å². The normalized spacial score (nSPS) is 22.9. The van der Waals surface area contributed by atoms with E-state index in [0.29, 0.717) is 16.6 Å². The van der Waals surface area contributed by atoms with Crippen LogP contribution in [0.4, 0.5) is 0 Å². The number of nitrogens with zero attached hydrogens (tertiary/aromatic N) is 2. The summed E-state index contributed by atoms with van der Waals surface area (Å²) in [4.78, 5) is 19.7. The van der Waals surface area contributed by atoms with Gasteiger partial charge in [0.15, 0.2) is 0 Å². The number of amidine groups is 1. The van der Waals surface area contributed by atoms with Crippen LogP contribution in [0.15, 0.2) is 40.2 Å². The van der Waals surface area contributed by atoms with Gasteiger partial charge in [0.1, 0.15) is 11.1 Å². The second-order valence-corrected chi connectivity index (χ2v) is 8.73. The molecule has 1 saturated heterocycles. The third-order valence-corrected chi connectivity index (χ3v) is 6.98. The van der Waals surface area contributed by atoms with Gasteiger partial charge in [0.25, 0.3) is 5.91 Å². The number of dihydropyridines is 1. The standard InChI is InChI=1S/C18H21Cl2N3OS/c1-18(11-21)7-9-23(10-8-18)15-6-5-14(17(24)22-15)25-13-4-2-3-12(19)16(13)20/h2-6,14H,7-11,21H2,1H3. The number of piperidine rings is 1. The average Bonchev–Trinajstić information content (AvgIpc) is 2.61. The van der Waals surface area contributed by atoms with Gasteiger partial charge in [-0.25, -0.2) is 0 Å². The number of halogens is 2. The Morgan fingerprint density at radius 2 is 2.08 bits per heavy atom. The predicted molar refractivity (Wildman–Crippen MR) is 106 cm³/mol. The van der Waals surface area contributed by atoms with Crippen LogP contribution in [-0.4, -0.2) is 41.5 Å². The number of hydrogen-bond donors (Lipinski definition) is 1. The van der Waals surface area contributed by atoms with Crippen molar-refractivity contribution in [2.24, 2.45) is 16.1 Å². The Balaban J connectivity index is 1.65. The first-order valence-corrected chi connectivity index (χ1v) is 9.92. The van der Waals surface area contributed by atoms with Crippen LogP contribution in [0.25, 0.3) is 0 Å². The highest BCUT2D eigenvalue weighted by Crippen LogP contribution is 2.36. The number of benzene rings is 1. The molecule has 1 unspecified atom stereocenters. The molecular weight excluding hydrogens is 377 g/mol. The molecule has 4 nitrogen and oxygen atoms in total. The molecule has 1 amide bonds. The van der Waals surface area contributed by atoms with Crippen molar-refractivity contribution in [1.82, 2.24) is 4.90 Å². The van der Waals surface area contributed by atoms with Crippen LogP contribution >= 0.6 is 35.0 Å². The zero-order valence-electron chi connectivity index (χ0n) is 14.0. The van der Waals surface area contributed by atoms with Crippen molar-refractivity contribution in [2.45, 2.75) is 29.9 Å². The van der Waals surface area contributed by atoms with Gasteiger partial charge in [-0.15, -0.1) is 11.8 Å². The van der Waals surface area contributed by atoms with Crippen molar-refractivity contribution in [3.8, 4) is 0 Å². The largest absolute Gasteiger partial charge is 0.356 e. The highest BCUT2D eigenvalue weighted by Gasteiger charge is 2.31. The molecule has 25 heavy (non-hydrogen) atoms. The lowest BCUT2D eigenvalue weighted by Crippen LogP contribution is -2.45. The monoisotopic (exact) mass is 397 g/mol. The van der Waals surface area contributed by atoms with E-state index >= 15 is 0 Å². The summed E-state index contributed by atoms with van der Waals surface area (Å²) in [5, 5.41) is 0.584. The summed E-state index contributed by atoms with van der Waals surface area (Å²) in [7, 11) is 0. The number of carbonyl (C=O) groups excluding carboxylic acids is 1. The van der Waals surface area contributed by atoms with E-state index in [1.165, 1.54) is 11.8 Å². The van der Waals surface area contributed by atoms with Crippen LogP contribution in [0, 0.1) is 5.41 Å². The molecule has 2 heterocycles. The molecule has 1 atom stereocenters. The highest BCUT2D eigenvalue weighted by atomic mass is 35.5. The molecule has 1 fully saturated rings. The Labute approximate surface area is 162 Å². The fourth-order valence-electron chi connectivity index (χ4n) is 2.93. The number of thioether (sulfide) groups is 1. The minimum atomic E-state index is -0.376. The molecule has 2 aliphatic heterocycles. The van der Waals surface area contributed by atoms with Gasteiger partial charge in [0.05, 0.1) is 10.0 Å². The molecule has 2 N–H and O–H groups in total.